The molecule has 120 valence electrons. The predicted octanol–water partition coefficient (Wildman–Crippen LogP) is 1.03. The van der Waals surface area contributed by atoms with E-state index in [0.29, 0.717) is 17.1 Å². The summed E-state index contributed by atoms with van der Waals surface area (Å²) in [5.74, 6) is 0.0480. The van der Waals surface area contributed by atoms with Crippen LogP contribution in [0.1, 0.15) is 18.0 Å². The molecule has 0 aliphatic carbocycles. The largest absolute Gasteiger partial charge is 0.348 e. The lowest BCUT2D eigenvalue weighted by Crippen LogP contribution is -2.37. The standard InChI is InChI=1S/C15H14FN3O3S/c16-10-3-1-2-9-11(5-7-23-14(9)10)17-13(21)8-19-6-4-12(20)18-15(19)22/h1-4,6,11H,5,7-8H2,(H,17,21)(H,18,20,22)/t11-/m1/s1. The third-order valence-electron chi connectivity index (χ3n) is 3.57. The van der Waals surface area contributed by atoms with Crippen LogP contribution in [0, 0.1) is 5.82 Å². The smallest absolute Gasteiger partial charge is 0.328 e. The quantitative estimate of drug-likeness (QED) is 0.877. The van der Waals surface area contributed by atoms with E-state index in [4.69, 9.17) is 0 Å². The predicted molar refractivity (Wildman–Crippen MR) is 83.9 cm³/mol. The number of nitrogens with zero attached hydrogens (tertiary/aromatic N) is 1. The van der Waals surface area contributed by atoms with Crippen LogP contribution in [0.3, 0.4) is 0 Å². The Bertz CT molecular complexity index is 862. The van der Waals surface area contributed by atoms with Crippen molar-refractivity contribution in [3.8, 4) is 0 Å². The molecule has 0 bridgehead atoms. The van der Waals surface area contributed by atoms with E-state index >= 15 is 0 Å². The van der Waals surface area contributed by atoms with E-state index in [1.54, 1.807) is 12.1 Å². The second-order valence-corrected chi connectivity index (χ2v) is 6.26. The lowest BCUT2D eigenvalue weighted by molar-refractivity contribution is -0.122. The Hall–Kier alpha value is -2.35. The van der Waals surface area contributed by atoms with Crippen molar-refractivity contribution in [3.05, 3.63) is 62.7 Å². The summed E-state index contributed by atoms with van der Waals surface area (Å²) in [6, 6.07) is 5.70. The molecular formula is C15H14FN3O3S. The minimum atomic E-state index is -0.640. The first-order valence-electron chi connectivity index (χ1n) is 7.05. The van der Waals surface area contributed by atoms with E-state index in [0.717, 1.165) is 10.1 Å². The Kier molecular flexibility index (Phi) is 4.33. The fourth-order valence-corrected chi connectivity index (χ4v) is 3.64. The summed E-state index contributed by atoms with van der Waals surface area (Å²) >= 11 is 1.43. The molecule has 2 heterocycles. The van der Waals surface area contributed by atoms with E-state index < -0.39 is 11.2 Å². The number of aromatic nitrogens is 2. The van der Waals surface area contributed by atoms with Crippen molar-refractivity contribution >= 4 is 17.7 Å². The molecular weight excluding hydrogens is 321 g/mol. The number of benzene rings is 1. The molecule has 6 nitrogen and oxygen atoms in total. The molecule has 1 aromatic heterocycles. The zero-order valence-corrected chi connectivity index (χ0v) is 12.9. The summed E-state index contributed by atoms with van der Waals surface area (Å²) < 4.78 is 14.9. The number of rotatable bonds is 3. The van der Waals surface area contributed by atoms with Gasteiger partial charge in [-0.15, -0.1) is 11.8 Å². The molecule has 0 radical (unpaired) electrons. The summed E-state index contributed by atoms with van der Waals surface area (Å²) in [6.07, 6.45) is 1.96. The highest BCUT2D eigenvalue weighted by Crippen LogP contribution is 2.37. The first-order valence-corrected chi connectivity index (χ1v) is 8.03. The molecule has 0 unspecified atom stereocenters. The Morgan fingerprint density at radius 3 is 3.00 bits per heavy atom. The normalized spacial score (nSPS) is 16.7. The van der Waals surface area contributed by atoms with E-state index in [1.165, 1.54) is 30.1 Å². The van der Waals surface area contributed by atoms with Gasteiger partial charge in [0.15, 0.2) is 0 Å². The fourth-order valence-electron chi connectivity index (χ4n) is 2.50. The van der Waals surface area contributed by atoms with E-state index in [2.05, 4.69) is 10.3 Å². The summed E-state index contributed by atoms with van der Waals surface area (Å²) in [7, 11) is 0. The monoisotopic (exact) mass is 335 g/mol. The van der Waals surface area contributed by atoms with E-state index in [-0.39, 0.29) is 24.3 Å². The summed E-state index contributed by atoms with van der Waals surface area (Å²) in [4.78, 5) is 37.4. The molecule has 1 aromatic carbocycles. The van der Waals surface area contributed by atoms with Crippen molar-refractivity contribution in [3.63, 3.8) is 0 Å². The van der Waals surface area contributed by atoms with Gasteiger partial charge in [0.2, 0.25) is 5.91 Å². The van der Waals surface area contributed by atoms with Crippen molar-refractivity contribution < 1.29 is 9.18 Å². The maximum atomic E-state index is 13.8. The van der Waals surface area contributed by atoms with Gasteiger partial charge in [0, 0.05) is 22.9 Å². The van der Waals surface area contributed by atoms with E-state index in [9.17, 15) is 18.8 Å². The molecule has 0 saturated heterocycles. The third-order valence-corrected chi connectivity index (χ3v) is 4.73. The number of H-pyrrole nitrogens is 1. The highest BCUT2D eigenvalue weighted by Gasteiger charge is 2.24. The van der Waals surface area contributed by atoms with Gasteiger partial charge < -0.3 is 5.32 Å². The SMILES string of the molecule is O=C(Cn1ccc(=O)[nH]c1=O)N[C@@H]1CCSc2c(F)cccc21. The molecule has 2 N–H and O–H groups in total. The van der Waals surface area contributed by atoms with Gasteiger partial charge in [-0.3, -0.25) is 19.1 Å². The lowest BCUT2D eigenvalue weighted by atomic mass is 10.0. The number of aromatic amines is 1. The second-order valence-electron chi connectivity index (χ2n) is 5.15. The molecule has 1 aliphatic rings. The molecule has 3 rings (SSSR count). The molecule has 0 saturated carbocycles. The number of halogens is 1. The van der Waals surface area contributed by atoms with Crippen LogP contribution in [-0.2, 0) is 11.3 Å². The first kappa shape index (κ1) is 15.5. The zero-order chi connectivity index (χ0) is 16.4. The van der Waals surface area contributed by atoms with Gasteiger partial charge in [0.05, 0.1) is 6.04 Å². The lowest BCUT2D eigenvalue weighted by Gasteiger charge is -2.26. The van der Waals surface area contributed by atoms with Crippen molar-refractivity contribution in [2.45, 2.75) is 23.9 Å². The molecule has 0 spiro atoms. The molecule has 2 aromatic rings. The van der Waals surface area contributed by atoms with Crippen molar-refractivity contribution in [1.82, 2.24) is 14.9 Å². The maximum absolute atomic E-state index is 13.8. The highest BCUT2D eigenvalue weighted by atomic mass is 32.2. The topological polar surface area (TPSA) is 84.0 Å². The van der Waals surface area contributed by atoms with Gasteiger partial charge in [0.1, 0.15) is 12.4 Å². The molecule has 1 aliphatic heterocycles. The average Bonchev–Trinajstić information content (AvgIpc) is 2.51. The van der Waals surface area contributed by atoms with Crippen molar-refractivity contribution in [1.29, 1.82) is 0 Å². The van der Waals surface area contributed by atoms with Crippen LogP contribution >= 0.6 is 11.8 Å². The number of nitrogens with one attached hydrogen (secondary N) is 2. The number of hydrogen-bond donors (Lipinski definition) is 2. The number of amides is 1. The van der Waals surface area contributed by atoms with E-state index in [1.807, 2.05) is 0 Å². The number of carbonyl (C=O) groups excluding carboxylic acids is 1. The van der Waals surface area contributed by atoms with Gasteiger partial charge in [0.25, 0.3) is 5.56 Å². The van der Waals surface area contributed by atoms with Crippen LogP contribution in [0.2, 0.25) is 0 Å². The zero-order valence-electron chi connectivity index (χ0n) is 12.0. The summed E-state index contributed by atoms with van der Waals surface area (Å²) in [5.41, 5.74) is -0.401. The van der Waals surface area contributed by atoms with Crippen LogP contribution in [0.5, 0.6) is 0 Å². The third kappa shape index (κ3) is 3.37. The number of carbonyl (C=O) groups is 1. The number of fused-ring (bicyclic) bond motifs is 1. The van der Waals surface area contributed by atoms with Crippen LogP contribution in [0.15, 0.2) is 44.9 Å². The Morgan fingerprint density at radius 2 is 2.22 bits per heavy atom. The van der Waals surface area contributed by atoms with Crippen molar-refractivity contribution in [2.75, 3.05) is 5.75 Å². The summed E-state index contributed by atoms with van der Waals surface area (Å²) in [6.45, 7) is -0.204. The van der Waals surface area contributed by atoms with Gasteiger partial charge in [-0.1, -0.05) is 12.1 Å². The summed E-state index contributed by atoms with van der Waals surface area (Å²) in [5, 5.41) is 2.82. The van der Waals surface area contributed by atoms with Crippen LogP contribution in [0.4, 0.5) is 4.39 Å². The van der Waals surface area contributed by atoms with Gasteiger partial charge >= 0.3 is 5.69 Å². The fraction of sp³-hybridized carbons (Fsp3) is 0.267. The van der Waals surface area contributed by atoms with Crippen LogP contribution < -0.4 is 16.6 Å². The van der Waals surface area contributed by atoms with Crippen LogP contribution in [-0.4, -0.2) is 21.2 Å². The Balaban J connectivity index is 1.76. The molecule has 1 amide bonds. The minimum absolute atomic E-state index is 0.204. The molecule has 1 atom stereocenters. The first-order chi connectivity index (χ1) is 11.0. The van der Waals surface area contributed by atoms with Gasteiger partial charge in [-0.2, -0.15) is 0 Å². The number of hydrogen-bond acceptors (Lipinski definition) is 4. The maximum Gasteiger partial charge on any atom is 0.328 e. The van der Waals surface area contributed by atoms with Crippen LogP contribution in [0.25, 0.3) is 0 Å². The Morgan fingerprint density at radius 1 is 1.39 bits per heavy atom. The average molecular weight is 335 g/mol. The van der Waals surface area contributed by atoms with Gasteiger partial charge in [-0.05, 0) is 18.1 Å². The highest BCUT2D eigenvalue weighted by molar-refractivity contribution is 7.99. The minimum Gasteiger partial charge on any atom is -0.348 e. The molecule has 23 heavy (non-hydrogen) atoms. The Labute approximate surface area is 134 Å². The molecule has 0 fully saturated rings. The second kappa shape index (κ2) is 6.41. The van der Waals surface area contributed by atoms with Gasteiger partial charge in [-0.25, -0.2) is 9.18 Å². The van der Waals surface area contributed by atoms with Crippen molar-refractivity contribution in [2.24, 2.45) is 0 Å². The molecule has 8 heteroatoms. The number of thioether (sulfide) groups is 1.